The molecule has 0 aliphatic heterocycles. The Morgan fingerprint density at radius 3 is 2.54 bits per heavy atom. The highest BCUT2D eigenvalue weighted by Gasteiger charge is 2.27. The van der Waals surface area contributed by atoms with Crippen LogP contribution >= 0.6 is 22.7 Å². The molecule has 0 saturated carbocycles. The molecule has 138 valence electrons. The van der Waals surface area contributed by atoms with Gasteiger partial charge < -0.3 is 4.74 Å². The first-order valence-corrected chi connectivity index (χ1v) is 9.78. The third kappa shape index (κ3) is 4.39. The minimum atomic E-state index is -0.702. The number of carbonyl (C=O) groups is 1. The highest BCUT2D eigenvalue weighted by Crippen LogP contribution is 2.19. The molecule has 0 saturated heterocycles. The predicted octanol–water partition coefficient (Wildman–Crippen LogP) is 2.04. The Morgan fingerprint density at radius 2 is 2.04 bits per heavy atom. The zero-order chi connectivity index (χ0) is 19.5. The first kappa shape index (κ1) is 20.3. The fourth-order valence-corrected chi connectivity index (χ4v) is 4.33. The first-order valence-electron chi connectivity index (χ1n) is 8.15. The summed E-state index contributed by atoms with van der Waals surface area (Å²) in [6.07, 6.45) is 1.81. The minimum Gasteiger partial charge on any atom is -0.383 e. The van der Waals surface area contributed by atoms with E-state index in [-0.39, 0.29) is 16.9 Å². The van der Waals surface area contributed by atoms with Gasteiger partial charge in [0.15, 0.2) is 5.78 Å². The van der Waals surface area contributed by atoms with Crippen LogP contribution in [-0.4, -0.2) is 24.1 Å². The van der Waals surface area contributed by atoms with Crippen molar-refractivity contribution in [2.24, 2.45) is 5.41 Å². The second-order valence-electron chi connectivity index (χ2n) is 6.88. The van der Waals surface area contributed by atoms with Gasteiger partial charge in [0.25, 0.3) is 5.56 Å². The largest absolute Gasteiger partial charge is 0.383 e. The molecule has 2 aromatic rings. The number of ketones is 1. The number of nitriles is 1. The molecule has 0 N–H and O–H groups in total. The van der Waals surface area contributed by atoms with Crippen molar-refractivity contribution in [3.8, 4) is 6.07 Å². The molecular formula is C19H22N2O3S2. The van der Waals surface area contributed by atoms with Gasteiger partial charge in [0.2, 0.25) is 0 Å². The number of aromatic nitrogens is 1. The lowest BCUT2D eigenvalue weighted by atomic mass is 9.87. The number of nitrogens with zero attached hydrogens (tertiary/aromatic N) is 2. The third-order valence-corrected chi connectivity index (χ3v) is 5.77. The molecule has 7 heteroatoms. The van der Waals surface area contributed by atoms with Gasteiger partial charge >= 0.3 is 0 Å². The standard InChI is InChI=1S/C19H22N2O3S2/c1-12-6-7-13(25-12)10-15-17(23)21(8-9-24-5)18(26-15)14(11-20)16(22)19(2,3)4/h6-7,10H,8-9H2,1-5H3/b15-10-,18-14-. The molecule has 2 heterocycles. The van der Waals surface area contributed by atoms with Crippen molar-refractivity contribution >= 4 is 40.1 Å². The molecule has 0 atom stereocenters. The van der Waals surface area contributed by atoms with Gasteiger partial charge in [-0.2, -0.15) is 5.26 Å². The Morgan fingerprint density at radius 1 is 1.35 bits per heavy atom. The summed E-state index contributed by atoms with van der Waals surface area (Å²) >= 11 is 2.77. The van der Waals surface area contributed by atoms with Crippen LogP contribution in [0.2, 0.25) is 0 Å². The van der Waals surface area contributed by atoms with Crippen molar-refractivity contribution in [2.75, 3.05) is 13.7 Å². The van der Waals surface area contributed by atoms with Crippen LogP contribution in [0.1, 0.15) is 30.5 Å². The number of ether oxygens (including phenoxy) is 1. The van der Waals surface area contributed by atoms with Crippen LogP contribution in [0, 0.1) is 23.7 Å². The molecule has 5 nitrogen and oxygen atoms in total. The first-order chi connectivity index (χ1) is 12.2. The average Bonchev–Trinajstić information content (AvgIpc) is 3.10. The van der Waals surface area contributed by atoms with Crippen LogP contribution in [0.4, 0.5) is 0 Å². The van der Waals surface area contributed by atoms with Crippen LogP contribution < -0.4 is 14.8 Å². The van der Waals surface area contributed by atoms with Crippen molar-refractivity contribution in [1.29, 1.82) is 5.26 Å². The Balaban J connectivity index is 2.80. The monoisotopic (exact) mass is 390 g/mol. The van der Waals surface area contributed by atoms with Gasteiger partial charge in [-0.25, -0.2) is 0 Å². The number of Topliss-reactive ketones (excluding diaryl/α,β-unsaturated/α-hetero) is 1. The van der Waals surface area contributed by atoms with Gasteiger partial charge in [0.1, 0.15) is 16.3 Å². The summed E-state index contributed by atoms with van der Waals surface area (Å²) in [7, 11) is 1.55. The molecule has 0 aliphatic carbocycles. The smallest absolute Gasteiger partial charge is 0.269 e. The zero-order valence-electron chi connectivity index (χ0n) is 15.6. The fourth-order valence-electron chi connectivity index (χ4n) is 2.32. The maximum absolute atomic E-state index is 12.9. The summed E-state index contributed by atoms with van der Waals surface area (Å²) in [4.78, 5) is 27.7. The number of thiazole rings is 1. The van der Waals surface area contributed by atoms with Crippen molar-refractivity contribution in [3.63, 3.8) is 0 Å². The highest BCUT2D eigenvalue weighted by atomic mass is 32.1. The number of hydrogen-bond donors (Lipinski definition) is 0. The number of rotatable bonds is 5. The molecule has 0 bridgehead atoms. The van der Waals surface area contributed by atoms with Crippen LogP contribution in [-0.2, 0) is 16.1 Å². The van der Waals surface area contributed by atoms with Crippen molar-refractivity contribution < 1.29 is 9.53 Å². The Labute approximate surface area is 160 Å². The molecule has 0 amide bonds. The Kier molecular flexibility index (Phi) is 6.34. The van der Waals surface area contributed by atoms with E-state index in [0.717, 1.165) is 9.75 Å². The molecule has 2 aromatic heterocycles. The van der Waals surface area contributed by atoms with Gasteiger partial charge in [-0.05, 0) is 25.1 Å². The van der Waals surface area contributed by atoms with E-state index < -0.39 is 5.41 Å². The maximum Gasteiger partial charge on any atom is 0.269 e. The van der Waals surface area contributed by atoms with Crippen molar-refractivity contribution in [3.05, 3.63) is 41.4 Å². The Bertz CT molecular complexity index is 1030. The van der Waals surface area contributed by atoms with E-state index in [1.807, 2.05) is 31.2 Å². The van der Waals surface area contributed by atoms with Crippen molar-refractivity contribution in [2.45, 2.75) is 34.2 Å². The van der Waals surface area contributed by atoms with Crippen molar-refractivity contribution in [1.82, 2.24) is 4.57 Å². The number of hydrogen-bond acceptors (Lipinski definition) is 6. The summed E-state index contributed by atoms with van der Waals surface area (Å²) in [5.74, 6) is -0.272. The van der Waals surface area contributed by atoms with Crippen LogP contribution in [0.15, 0.2) is 16.9 Å². The topological polar surface area (TPSA) is 72.1 Å². The van der Waals surface area contributed by atoms with Gasteiger partial charge in [0, 0.05) is 22.3 Å². The van der Waals surface area contributed by atoms with E-state index in [9.17, 15) is 14.9 Å². The highest BCUT2D eigenvalue weighted by molar-refractivity contribution is 7.13. The molecule has 0 radical (unpaired) electrons. The summed E-state index contributed by atoms with van der Waals surface area (Å²) in [5.41, 5.74) is -0.883. The number of aryl methyl sites for hydroxylation is 1. The van der Waals surface area contributed by atoms with Gasteiger partial charge in [-0.3, -0.25) is 14.2 Å². The fraction of sp³-hybridized carbons (Fsp3) is 0.421. The number of carbonyl (C=O) groups excluding carboxylic acids is 1. The minimum absolute atomic E-state index is 0.0257. The number of thiophene rings is 1. The van der Waals surface area contributed by atoms with E-state index in [0.29, 0.717) is 22.3 Å². The molecule has 0 aromatic carbocycles. The maximum atomic E-state index is 12.9. The Hall–Kier alpha value is -2.01. The van der Waals surface area contributed by atoms with E-state index in [1.165, 1.54) is 15.9 Å². The van der Waals surface area contributed by atoms with Crippen LogP contribution in [0.5, 0.6) is 0 Å². The summed E-state index contributed by atoms with van der Waals surface area (Å²) in [6, 6.07) is 5.96. The molecule has 2 rings (SSSR count). The van der Waals surface area contributed by atoms with Crippen LogP contribution in [0.3, 0.4) is 0 Å². The van der Waals surface area contributed by atoms with E-state index in [4.69, 9.17) is 4.74 Å². The normalized spacial score (nSPS) is 13.6. The summed E-state index contributed by atoms with van der Waals surface area (Å²) in [6.45, 7) is 7.91. The average molecular weight is 391 g/mol. The SMILES string of the molecule is COCCn1c(=O)/c(=C/c2ccc(C)s2)s/c1=C(/C#N)C(=O)C(C)(C)C. The molecule has 26 heavy (non-hydrogen) atoms. The van der Waals surface area contributed by atoms with E-state index in [1.54, 1.807) is 39.2 Å². The van der Waals surface area contributed by atoms with Gasteiger partial charge in [-0.15, -0.1) is 22.7 Å². The lowest BCUT2D eigenvalue weighted by Gasteiger charge is -2.15. The quantitative estimate of drug-likeness (QED) is 0.783. The molecular weight excluding hydrogens is 368 g/mol. The molecule has 0 unspecified atom stereocenters. The summed E-state index contributed by atoms with van der Waals surface area (Å²) < 4.78 is 7.47. The molecule has 0 spiro atoms. The van der Waals surface area contributed by atoms with E-state index in [2.05, 4.69) is 0 Å². The second kappa shape index (κ2) is 8.12. The lowest BCUT2D eigenvalue weighted by Crippen LogP contribution is -2.35. The third-order valence-electron chi connectivity index (χ3n) is 3.70. The zero-order valence-corrected chi connectivity index (χ0v) is 17.2. The number of methoxy groups -OCH3 is 1. The van der Waals surface area contributed by atoms with E-state index >= 15 is 0 Å². The summed E-state index contributed by atoms with van der Waals surface area (Å²) in [5, 5.41) is 9.60. The predicted molar refractivity (Wildman–Crippen MR) is 106 cm³/mol. The lowest BCUT2D eigenvalue weighted by molar-refractivity contribution is -0.120. The van der Waals surface area contributed by atoms with Gasteiger partial charge in [-0.1, -0.05) is 20.8 Å². The second-order valence-corrected chi connectivity index (χ2v) is 9.23. The molecule has 0 fully saturated rings. The van der Waals surface area contributed by atoms with Gasteiger partial charge in [0.05, 0.1) is 17.7 Å². The van der Waals surface area contributed by atoms with Crippen LogP contribution in [0.25, 0.3) is 11.6 Å². The molecule has 0 aliphatic rings.